The van der Waals surface area contributed by atoms with Crippen molar-refractivity contribution in [3.05, 3.63) is 46.7 Å². The fraction of sp³-hybridized carbons (Fsp3) is 0. The smallest absolute Gasteiger partial charge is 0.255 e. The monoisotopic (exact) mass is 265 g/mol. The molecule has 1 aromatic heterocycles. The summed E-state index contributed by atoms with van der Waals surface area (Å²) in [5, 5.41) is 9.07. The van der Waals surface area contributed by atoms with Gasteiger partial charge in [-0.3, -0.25) is 9.89 Å². The number of nitrogens with one attached hydrogen (secondary N) is 2. The van der Waals surface area contributed by atoms with Crippen LogP contribution in [-0.4, -0.2) is 16.1 Å². The van der Waals surface area contributed by atoms with Crippen LogP contribution >= 0.6 is 15.9 Å². The largest absolute Gasteiger partial charge is 0.319 e. The molecule has 76 valence electrons. The second kappa shape index (κ2) is 4.27. The van der Waals surface area contributed by atoms with Gasteiger partial charge in [0.2, 0.25) is 0 Å². The standard InChI is InChI=1S/C10H8BrN3O/c11-8-3-1-7(2-4-8)10(15)14-9-5-12-13-6-9/h1-6H,(H,12,13)(H,14,15). The molecule has 0 spiro atoms. The summed E-state index contributed by atoms with van der Waals surface area (Å²) < 4.78 is 0.947. The normalized spacial score (nSPS) is 9.93. The van der Waals surface area contributed by atoms with Gasteiger partial charge in [0.15, 0.2) is 0 Å². The molecule has 15 heavy (non-hydrogen) atoms. The summed E-state index contributed by atoms with van der Waals surface area (Å²) in [5.74, 6) is -0.149. The maximum Gasteiger partial charge on any atom is 0.255 e. The third kappa shape index (κ3) is 2.44. The molecule has 0 radical (unpaired) electrons. The molecule has 2 rings (SSSR count). The SMILES string of the molecule is O=C(Nc1cn[nH]c1)c1ccc(Br)cc1. The molecular weight excluding hydrogens is 258 g/mol. The number of carbonyl (C=O) groups is 1. The van der Waals surface area contributed by atoms with Crippen molar-refractivity contribution in [2.24, 2.45) is 0 Å². The summed E-state index contributed by atoms with van der Waals surface area (Å²) in [6.07, 6.45) is 3.17. The van der Waals surface area contributed by atoms with E-state index in [4.69, 9.17) is 0 Å². The van der Waals surface area contributed by atoms with E-state index in [1.165, 1.54) is 0 Å². The number of anilines is 1. The average molecular weight is 266 g/mol. The first-order valence-electron chi connectivity index (χ1n) is 4.31. The Morgan fingerprint density at radius 3 is 2.67 bits per heavy atom. The van der Waals surface area contributed by atoms with Gasteiger partial charge >= 0.3 is 0 Å². The van der Waals surface area contributed by atoms with Crippen LogP contribution in [-0.2, 0) is 0 Å². The second-order valence-corrected chi connectivity index (χ2v) is 3.86. The Morgan fingerprint density at radius 2 is 2.07 bits per heavy atom. The third-order valence-electron chi connectivity index (χ3n) is 1.86. The quantitative estimate of drug-likeness (QED) is 0.877. The maximum atomic E-state index is 11.7. The zero-order chi connectivity index (χ0) is 10.7. The minimum Gasteiger partial charge on any atom is -0.319 e. The van der Waals surface area contributed by atoms with Crippen molar-refractivity contribution >= 4 is 27.5 Å². The van der Waals surface area contributed by atoms with Crippen molar-refractivity contribution in [1.29, 1.82) is 0 Å². The summed E-state index contributed by atoms with van der Waals surface area (Å²) >= 11 is 3.31. The van der Waals surface area contributed by atoms with Gasteiger partial charge in [0.05, 0.1) is 11.9 Å². The molecule has 0 aliphatic rings. The van der Waals surface area contributed by atoms with Gasteiger partial charge in [-0.15, -0.1) is 0 Å². The highest BCUT2D eigenvalue weighted by Gasteiger charge is 2.05. The molecular formula is C10H8BrN3O. The molecule has 1 amide bonds. The third-order valence-corrected chi connectivity index (χ3v) is 2.39. The van der Waals surface area contributed by atoms with Crippen molar-refractivity contribution < 1.29 is 4.79 Å². The fourth-order valence-corrected chi connectivity index (χ4v) is 1.39. The topological polar surface area (TPSA) is 57.8 Å². The number of benzene rings is 1. The Balaban J connectivity index is 2.11. The van der Waals surface area contributed by atoms with Crippen molar-refractivity contribution in [3.63, 3.8) is 0 Å². The van der Waals surface area contributed by atoms with E-state index in [9.17, 15) is 4.79 Å². The van der Waals surface area contributed by atoms with E-state index >= 15 is 0 Å². The molecule has 0 unspecified atom stereocenters. The molecule has 4 nitrogen and oxygen atoms in total. The number of aromatic amines is 1. The average Bonchev–Trinajstić information content (AvgIpc) is 2.71. The Kier molecular flexibility index (Phi) is 2.82. The van der Waals surface area contributed by atoms with Crippen LogP contribution < -0.4 is 5.32 Å². The highest BCUT2D eigenvalue weighted by Crippen LogP contribution is 2.12. The highest BCUT2D eigenvalue weighted by molar-refractivity contribution is 9.10. The van der Waals surface area contributed by atoms with E-state index < -0.39 is 0 Å². The Bertz CT molecular complexity index is 450. The van der Waals surface area contributed by atoms with E-state index in [1.54, 1.807) is 24.5 Å². The fourth-order valence-electron chi connectivity index (χ4n) is 1.12. The first-order valence-corrected chi connectivity index (χ1v) is 5.11. The van der Waals surface area contributed by atoms with Crippen LogP contribution in [0.3, 0.4) is 0 Å². The zero-order valence-corrected chi connectivity index (χ0v) is 9.28. The molecule has 0 saturated carbocycles. The molecule has 0 bridgehead atoms. The molecule has 0 aliphatic heterocycles. The molecule has 0 fully saturated rings. The number of halogens is 1. The van der Waals surface area contributed by atoms with Gasteiger partial charge in [-0.05, 0) is 24.3 Å². The lowest BCUT2D eigenvalue weighted by Crippen LogP contribution is -2.10. The van der Waals surface area contributed by atoms with Gasteiger partial charge in [-0.1, -0.05) is 15.9 Å². The maximum absolute atomic E-state index is 11.7. The molecule has 0 atom stereocenters. The van der Waals surface area contributed by atoms with Crippen LogP contribution in [0.15, 0.2) is 41.1 Å². The molecule has 1 aromatic carbocycles. The lowest BCUT2D eigenvalue weighted by Gasteiger charge is -2.01. The minimum absolute atomic E-state index is 0.149. The first-order chi connectivity index (χ1) is 7.25. The van der Waals surface area contributed by atoms with Gasteiger partial charge in [0.1, 0.15) is 0 Å². The highest BCUT2D eigenvalue weighted by atomic mass is 79.9. The lowest BCUT2D eigenvalue weighted by atomic mass is 10.2. The van der Waals surface area contributed by atoms with Crippen molar-refractivity contribution in [1.82, 2.24) is 10.2 Å². The van der Waals surface area contributed by atoms with Crippen LogP contribution in [0.1, 0.15) is 10.4 Å². The van der Waals surface area contributed by atoms with Crippen molar-refractivity contribution in [2.45, 2.75) is 0 Å². The number of rotatable bonds is 2. The molecule has 0 saturated heterocycles. The molecule has 0 aliphatic carbocycles. The summed E-state index contributed by atoms with van der Waals surface area (Å²) in [6, 6.07) is 7.15. The summed E-state index contributed by atoms with van der Waals surface area (Å²) in [6.45, 7) is 0. The van der Waals surface area contributed by atoms with Gasteiger partial charge in [-0.25, -0.2) is 0 Å². The van der Waals surface area contributed by atoms with Crippen LogP contribution in [0.5, 0.6) is 0 Å². The van der Waals surface area contributed by atoms with E-state index in [0.717, 1.165) is 4.47 Å². The van der Waals surface area contributed by atoms with E-state index in [2.05, 4.69) is 31.4 Å². The number of hydrogen-bond acceptors (Lipinski definition) is 2. The van der Waals surface area contributed by atoms with Crippen molar-refractivity contribution in [3.8, 4) is 0 Å². The van der Waals surface area contributed by atoms with Crippen LogP contribution in [0, 0.1) is 0 Å². The van der Waals surface area contributed by atoms with E-state index in [0.29, 0.717) is 11.3 Å². The number of aromatic nitrogens is 2. The Labute approximate surface area is 94.8 Å². The van der Waals surface area contributed by atoms with Gasteiger partial charge in [0, 0.05) is 16.2 Å². The van der Waals surface area contributed by atoms with Gasteiger partial charge in [-0.2, -0.15) is 5.10 Å². The number of hydrogen-bond donors (Lipinski definition) is 2. The predicted molar refractivity (Wildman–Crippen MR) is 60.7 cm³/mol. The van der Waals surface area contributed by atoms with Crippen LogP contribution in [0.4, 0.5) is 5.69 Å². The number of amides is 1. The summed E-state index contributed by atoms with van der Waals surface area (Å²) in [7, 11) is 0. The van der Waals surface area contributed by atoms with E-state index in [1.807, 2.05) is 12.1 Å². The number of carbonyl (C=O) groups excluding carboxylic acids is 1. The second-order valence-electron chi connectivity index (χ2n) is 2.95. The number of H-pyrrole nitrogens is 1. The Morgan fingerprint density at radius 1 is 1.33 bits per heavy atom. The molecule has 5 heteroatoms. The zero-order valence-electron chi connectivity index (χ0n) is 7.70. The summed E-state index contributed by atoms with van der Waals surface area (Å²) in [4.78, 5) is 11.7. The van der Waals surface area contributed by atoms with Crippen LogP contribution in [0.25, 0.3) is 0 Å². The van der Waals surface area contributed by atoms with Crippen LogP contribution in [0.2, 0.25) is 0 Å². The van der Waals surface area contributed by atoms with Crippen molar-refractivity contribution in [2.75, 3.05) is 5.32 Å². The predicted octanol–water partition coefficient (Wildman–Crippen LogP) is 2.42. The minimum atomic E-state index is -0.149. The Hall–Kier alpha value is -1.62. The van der Waals surface area contributed by atoms with Gasteiger partial charge < -0.3 is 5.32 Å². The van der Waals surface area contributed by atoms with E-state index in [-0.39, 0.29) is 5.91 Å². The molecule has 2 N–H and O–H groups in total. The van der Waals surface area contributed by atoms with Gasteiger partial charge in [0.25, 0.3) is 5.91 Å². The summed E-state index contributed by atoms with van der Waals surface area (Å²) in [5.41, 5.74) is 1.27. The first kappa shape index (κ1) is 9.92. The number of nitrogens with zero attached hydrogens (tertiary/aromatic N) is 1. The molecule has 1 heterocycles. The lowest BCUT2D eigenvalue weighted by molar-refractivity contribution is 0.102. The molecule has 2 aromatic rings.